The summed E-state index contributed by atoms with van der Waals surface area (Å²) in [6, 6.07) is 40.3. The maximum atomic E-state index is 13.5. The van der Waals surface area contributed by atoms with Crippen molar-refractivity contribution in [3.8, 4) is 33.8 Å². The number of likely N-dealkylation sites (tertiary alicyclic amines) is 2. The van der Waals surface area contributed by atoms with Crippen LogP contribution in [0.15, 0.2) is 140 Å². The Bertz CT molecular complexity index is 2690. The topological polar surface area (TPSA) is 134 Å². The van der Waals surface area contributed by atoms with Gasteiger partial charge in [-0.3, -0.25) is 9.59 Å². The van der Waals surface area contributed by atoms with E-state index in [1.807, 2.05) is 91.0 Å². The number of ether oxygens (including phenoxy) is 2. The second kappa shape index (κ2) is 20.5. The molecule has 2 amide bonds. The fraction of sp³-hybridized carbons (Fsp3) is 0.245. The Labute approximate surface area is 389 Å². The van der Waals surface area contributed by atoms with Crippen LogP contribution in [0.3, 0.4) is 0 Å². The number of hydrogen-bond acceptors (Lipinski definition) is 6. The largest absolute Gasteiger partial charge is 0.497 e. The van der Waals surface area contributed by atoms with Gasteiger partial charge in [0.1, 0.15) is 23.6 Å². The molecule has 0 spiro atoms. The number of carboxylic acid groups (broad SMARTS) is 2. The lowest BCUT2D eigenvalue weighted by Crippen LogP contribution is -2.41. The van der Waals surface area contributed by atoms with Gasteiger partial charge in [-0.1, -0.05) is 122 Å². The molecule has 6 aromatic rings. The summed E-state index contributed by atoms with van der Waals surface area (Å²) >= 11 is 12.8. The molecule has 0 saturated carbocycles. The number of methoxy groups -OCH3 is 2. The number of halogens is 2. The Hall–Kier alpha value is -6.62. The van der Waals surface area contributed by atoms with Crippen LogP contribution in [0.2, 0.25) is 10.0 Å². The fourth-order valence-electron chi connectivity index (χ4n) is 8.96. The summed E-state index contributed by atoms with van der Waals surface area (Å²) in [7, 11) is 3.19. The molecule has 12 heteroatoms. The molecule has 0 radical (unpaired) electrons. The van der Waals surface area contributed by atoms with Gasteiger partial charge in [-0.2, -0.15) is 0 Å². The van der Waals surface area contributed by atoms with Gasteiger partial charge in [0.05, 0.1) is 26.3 Å². The second-order valence-corrected chi connectivity index (χ2v) is 17.1. The Kier molecular flexibility index (Phi) is 14.6. The molecule has 2 heterocycles. The van der Waals surface area contributed by atoms with Gasteiger partial charge in [0.15, 0.2) is 0 Å². The summed E-state index contributed by atoms with van der Waals surface area (Å²) in [6.07, 6.45) is 1.87. The summed E-state index contributed by atoms with van der Waals surface area (Å²) in [5.74, 6) is -0.887. The molecule has 0 unspecified atom stereocenters. The third-order valence-electron chi connectivity index (χ3n) is 12.2. The molecule has 0 bridgehead atoms. The van der Waals surface area contributed by atoms with Crippen LogP contribution in [0, 0.1) is 0 Å². The van der Waals surface area contributed by atoms with E-state index >= 15 is 0 Å². The first kappa shape index (κ1) is 46.4. The average Bonchev–Trinajstić information content (AvgIpc) is 3.98. The van der Waals surface area contributed by atoms with Crippen LogP contribution in [0.1, 0.15) is 94.9 Å². The highest BCUT2D eigenvalue weighted by molar-refractivity contribution is 6.31. The molecule has 65 heavy (non-hydrogen) atoms. The Balaban J connectivity index is 0.000000194. The van der Waals surface area contributed by atoms with Gasteiger partial charge < -0.3 is 29.5 Å². The van der Waals surface area contributed by atoms with Crippen molar-refractivity contribution in [2.45, 2.75) is 69.6 Å². The molecule has 2 saturated heterocycles. The summed E-state index contributed by atoms with van der Waals surface area (Å²) < 4.78 is 10.8. The van der Waals surface area contributed by atoms with Crippen molar-refractivity contribution in [2.24, 2.45) is 0 Å². The van der Waals surface area contributed by atoms with Gasteiger partial charge >= 0.3 is 11.9 Å². The Morgan fingerprint density at radius 2 is 1.00 bits per heavy atom. The minimum Gasteiger partial charge on any atom is -0.497 e. The van der Waals surface area contributed by atoms with E-state index in [2.05, 4.69) is 26.0 Å². The SMILES string of the molecule is CC(C)c1ccccc1-c1ccc(C(=O)N2[C@@H](c3ccccc3Cl)CC[C@H]2C(=O)O)cc1.COc1ccc(OC)c(-c2ccc(C(=O)N3[C@@H](c4ccccc4Cl)CC[C@H]3C(=O)O)cc2)c1. The lowest BCUT2D eigenvalue weighted by Gasteiger charge is -2.29. The number of carbonyl (C=O) groups excluding carboxylic acids is 2. The molecule has 2 fully saturated rings. The standard InChI is InChI=1S/C27H26ClNO3.C26H24ClNO5/c1-17(2)20-7-3-4-8-21(20)18-11-13-19(14-12-18)26(30)29-24(15-16-25(29)27(31)32)22-9-5-6-10-23(22)28;1-32-18-11-14-24(33-2)20(15-18)16-7-9-17(10-8-16)25(29)28-22(12-13-23(28)26(30)31)19-5-3-4-6-21(19)27/h3-14,17,24-25H,15-16H2,1-2H3,(H,31,32);3-11,14-15,22-23H,12-13H2,1-2H3,(H,30,31)/t24-,25+;22-,23+/m11/s1. The lowest BCUT2D eigenvalue weighted by atomic mass is 9.92. The van der Waals surface area contributed by atoms with Crippen LogP contribution in [-0.4, -0.2) is 70.1 Å². The maximum absolute atomic E-state index is 13.5. The molecule has 0 aromatic heterocycles. The van der Waals surface area contributed by atoms with Crippen LogP contribution in [0.4, 0.5) is 0 Å². The smallest absolute Gasteiger partial charge is 0.326 e. The zero-order chi connectivity index (χ0) is 46.4. The fourth-order valence-corrected chi connectivity index (χ4v) is 9.48. The molecule has 2 aliphatic rings. The number of aliphatic carboxylic acids is 2. The molecular formula is C53H50Cl2N2O8. The molecule has 0 aliphatic carbocycles. The number of rotatable bonds is 11. The second-order valence-electron chi connectivity index (χ2n) is 16.3. The highest BCUT2D eigenvalue weighted by Gasteiger charge is 2.44. The van der Waals surface area contributed by atoms with Crippen molar-refractivity contribution in [2.75, 3.05) is 14.2 Å². The van der Waals surface area contributed by atoms with Crippen molar-refractivity contribution in [1.29, 1.82) is 0 Å². The first-order chi connectivity index (χ1) is 31.3. The summed E-state index contributed by atoms with van der Waals surface area (Å²) in [6.45, 7) is 4.32. The van der Waals surface area contributed by atoms with Crippen molar-refractivity contribution in [3.63, 3.8) is 0 Å². The highest BCUT2D eigenvalue weighted by atomic mass is 35.5. The van der Waals surface area contributed by atoms with Crippen LogP contribution in [0.5, 0.6) is 11.5 Å². The van der Waals surface area contributed by atoms with E-state index in [1.165, 1.54) is 15.4 Å². The number of amides is 2. The summed E-state index contributed by atoms with van der Waals surface area (Å²) in [4.78, 5) is 53.8. The first-order valence-corrected chi connectivity index (χ1v) is 22.2. The molecule has 4 atom stereocenters. The van der Waals surface area contributed by atoms with Gasteiger partial charge in [0, 0.05) is 26.7 Å². The first-order valence-electron chi connectivity index (χ1n) is 21.4. The number of hydrogen-bond donors (Lipinski definition) is 2. The number of benzene rings is 6. The molecule has 334 valence electrons. The van der Waals surface area contributed by atoms with E-state index in [1.54, 1.807) is 50.6 Å². The predicted molar refractivity (Wildman–Crippen MR) is 253 cm³/mol. The van der Waals surface area contributed by atoms with E-state index in [0.717, 1.165) is 33.4 Å². The summed E-state index contributed by atoms with van der Waals surface area (Å²) in [5, 5.41) is 20.6. The highest BCUT2D eigenvalue weighted by Crippen LogP contribution is 2.42. The van der Waals surface area contributed by atoms with Crippen molar-refractivity contribution >= 4 is 47.0 Å². The van der Waals surface area contributed by atoms with E-state index in [-0.39, 0.29) is 17.9 Å². The monoisotopic (exact) mass is 912 g/mol. The van der Waals surface area contributed by atoms with Gasteiger partial charge in [-0.15, -0.1) is 0 Å². The molecule has 10 nitrogen and oxygen atoms in total. The lowest BCUT2D eigenvalue weighted by molar-refractivity contribution is -0.142. The van der Waals surface area contributed by atoms with E-state index in [9.17, 15) is 29.4 Å². The maximum Gasteiger partial charge on any atom is 0.326 e. The van der Waals surface area contributed by atoms with Gasteiger partial charge in [-0.05, 0) is 120 Å². The molecule has 6 aromatic carbocycles. The molecular weight excluding hydrogens is 863 g/mol. The molecule has 2 aliphatic heterocycles. The quantitative estimate of drug-likeness (QED) is 0.131. The Morgan fingerprint density at radius 1 is 0.554 bits per heavy atom. The van der Waals surface area contributed by atoms with Crippen LogP contribution < -0.4 is 9.47 Å². The van der Waals surface area contributed by atoms with Crippen molar-refractivity contribution in [1.82, 2.24) is 9.80 Å². The van der Waals surface area contributed by atoms with Crippen LogP contribution in [-0.2, 0) is 9.59 Å². The third-order valence-corrected chi connectivity index (χ3v) is 12.9. The van der Waals surface area contributed by atoms with Gasteiger partial charge in [0.2, 0.25) is 0 Å². The minimum atomic E-state index is -1.02. The van der Waals surface area contributed by atoms with Crippen molar-refractivity contribution in [3.05, 3.63) is 177 Å². The molecule has 8 rings (SSSR count). The van der Waals surface area contributed by atoms with Crippen LogP contribution >= 0.6 is 23.2 Å². The van der Waals surface area contributed by atoms with Crippen molar-refractivity contribution < 1.29 is 38.9 Å². The van der Waals surface area contributed by atoms with E-state index in [4.69, 9.17) is 32.7 Å². The normalized spacial score (nSPS) is 17.9. The third kappa shape index (κ3) is 9.89. The van der Waals surface area contributed by atoms with Gasteiger partial charge in [-0.25, -0.2) is 9.59 Å². The summed E-state index contributed by atoms with van der Waals surface area (Å²) in [5.41, 5.74) is 7.52. The Morgan fingerprint density at radius 3 is 1.43 bits per heavy atom. The average molecular weight is 914 g/mol. The molecule has 2 N–H and O–H groups in total. The minimum absolute atomic E-state index is 0.288. The number of carboxylic acids is 2. The van der Waals surface area contributed by atoms with Crippen LogP contribution in [0.25, 0.3) is 22.3 Å². The van der Waals surface area contributed by atoms with E-state index in [0.29, 0.717) is 64.3 Å². The van der Waals surface area contributed by atoms with E-state index < -0.39 is 30.1 Å². The zero-order valence-electron chi connectivity index (χ0n) is 36.5. The zero-order valence-corrected chi connectivity index (χ0v) is 38.0. The predicted octanol–water partition coefficient (Wildman–Crippen LogP) is 12.0. The number of carbonyl (C=O) groups is 4. The number of nitrogens with zero attached hydrogens (tertiary/aromatic N) is 2. The van der Waals surface area contributed by atoms with Gasteiger partial charge in [0.25, 0.3) is 11.8 Å².